The van der Waals surface area contributed by atoms with E-state index in [9.17, 15) is 9.90 Å². The number of aliphatic hydroxyl groups is 1. The summed E-state index contributed by atoms with van der Waals surface area (Å²) < 4.78 is 5.39. The van der Waals surface area contributed by atoms with Crippen LogP contribution >= 0.6 is 0 Å². The van der Waals surface area contributed by atoms with Crippen LogP contribution in [-0.2, 0) is 0 Å². The molecule has 0 aliphatic carbocycles. The number of hydrogen-bond acceptors (Lipinski definition) is 4. The van der Waals surface area contributed by atoms with E-state index in [1.165, 1.54) is 0 Å². The van der Waals surface area contributed by atoms with Crippen LogP contribution in [0.3, 0.4) is 0 Å². The van der Waals surface area contributed by atoms with Gasteiger partial charge in [0.1, 0.15) is 6.26 Å². The molecule has 0 fully saturated rings. The fraction of sp³-hybridized carbons (Fsp3) is 0.412. The molecule has 6 nitrogen and oxygen atoms in total. The number of carbonyl (C=O) groups is 1. The summed E-state index contributed by atoms with van der Waals surface area (Å²) in [6.07, 6.45) is 2.43. The number of oxazole rings is 1. The summed E-state index contributed by atoms with van der Waals surface area (Å²) in [6, 6.07) is 5.35. The van der Waals surface area contributed by atoms with Crippen LogP contribution in [0.4, 0.5) is 10.5 Å². The molecular weight excluding hydrogens is 294 g/mol. The highest BCUT2D eigenvalue weighted by Crippen LogP contribution is 2.24. The lowest BCUT2D eigenvalue weighted by Gasteiger charge is -2.12. The van der Waals surface area contributed by atoms with Crippen LogP contribution in [0.15, 0.2) is 28.9 Å². The summed E-state index contributed by atoms with van der Waals surface area (Å²) >= 11 is 0. The lowest BCUT2D eigenvalue weighted by Crippen LogP contribution is -2.31. The number of nitrogens with zero attached hydrogens (tertiary/aromatic N) is 1. The molecule has 1 unspecified atom stereocenters. The van der Waals surface area contributed by atoms with Gasteiger partial charge in [-0.25, -0.2) is 9.78 Å². The molecule has 0 aliphatic heterocycles. The fourth-order valence-corrected chi connectivity index (χ4v) is 2.10. The molecule has 6 heteroatoms. The second-order valence-electron chi connectivity index (χ2n) is 5.56. The lowest BCUT2D eigenvalue weighted by molar-refractivity contribution is 0.160. The molecule has 2 rings (SSSR count). The van der Waals surface area contributed by atoms with Gasteiger partial charge in [0.2, 0.25) is 5.89 Å². The van der Waals surface area contributed by atoms with Gasteiger partial charge in [0.15, 0.2) is 0 Å². The van der Waals surface area contributed by atoms with Gasteiger partial charge in [0, 0.05) is 17.8 Å². The van der Waals surface area contributed by atoms with E-state index in [1.807, 2.05) is 39.0 Å². The van der Waals surface area contributed by atoms with Crippen LogP contribution in [0.5, 0.6) is 0 Å². The average molecular weight is 317 g/mol. The van der Waals surface area contributed by atoms with Gasteiger partial charge in [0.25, 0.3) is 0 Å². The number of carbonyl (C=O) groups excluding carboxylic acids is 1. The number of nitrogens with one attached hydrogen (secondary N) is 2. The molecule has 124 valence electrons. The zero-order valence-electron chi connectivity index (χ0n) is 13.7. The van der Waals surface area contributed by atoms with E-state index >= 15 is 0 Å². The number of aromatic nitrogens is 1. The number of anilines is 1. The topological polar surface area (TPSA) is 87.4 Å². The van der Waals surface area contributed by atoms with Gasteiger partial charge in [-0.2, -0.15) is 0 Å². The second-order valence-corrected chi connectivity index (χ2v) is 5.56. The molecule has 0 spiro atoms. The summed E-state index contributed by atoms with van der Waals surface area (Å²) in [4.78, 5) is 16.2. The summed E-state index contributed by atoms with van der Waals surface area (Å²) in [5.41, 5.74) is 3.26. The highest BCUT2D eigenvalue weighted by molar-refractivity contribution is 5.90. The molecule has 0 aliphatic rings. The van der Waals surface area contributed by atoms with E-state index in [0.29, 0.717) is 31.0 Å². The maximum absolute atomic E-state index is 11.9. The van der Waals surface area contributed by atoms with E-state index in [4.69, 9.17) is 4.42 Å². The number of hydrogen-bond donors (Lipinski definition) is 3. The van der Waals surface area contributed by atoms with Crippen molar-refractivity contribution in [3.8, 4) is 11.5 Å². The predicted molar refractivity (Wildman–Crippen MR) is 89.3 cm³/mol. The van der Waals surface area contributed by atoms with Crippen LogP contribution in [0, 0.1) is 13.8 Å². The lowest BCUT2D eigenvalue weighted by atomic mass is 10.1. The molecule has 1 atom stereocenters. The smallest absolute Gasteiger partial charge is 0.319 e. The molecule has 1 heterocycles. The van der Waals surface area contributed by atoms with Crippen LogP contribution < -0.4 is 10.6 Å². The van der Waals surface area contributed by atoms with Crippen LogP contribution in [0.1, 0.15) is 31.0 Å². The molecule has 1 aromatic carbocycles. The van der Waals surface area contributed by atoms with Crippen LogP contribution in [0.2, 0.25) is 0 Å². The molecule has 0 saturated carbocycles. The summed E-state index contributed by atoms with van der Waals surface area (Å²) in [6.45, 7) is 6.11. The fourth-order valence-electron chi connectivity index (χ4n) is 2.10. The number of aryl methyl sites for hydroxylation is 2. The van der Waals surface area contributed by atoms with Gasteiger partial charge in [-0.3, -0.25) is 0 Å². The largest absolute Gasteiger partial charge is 0.444 e. The Kier molecular flexibility index (Phi) is 5.76. The first-order chi connectivity index (χ1) is 11.0. The molecule has 1 aromatic heterocycles. The quantitative estimate of drug-likeness (QED) is 0.763. The molecule has 0 bridgehead atoms. The predicted octanol–water partition coefficient (Wildman–Crippen LogP) is 3.24. The third kappa shape index (κ3) is 4.82. The summed E-state index contributed by atoms with van der Waals surface area (Å²) in [5, 5.41) is 15.0. The number of benzene rings is 1. The van der Waals surface area contributed by atoms with Crippen molar-refractivity contribution in [1.82, 2.24) is 10.3 Å². The number of urea groups is 1. The van der Waals surface area contributed by atoms with Crippen molar-refractivity contribution >= 4 is 11.7 Å². The molecular formula is C17H23N3O3. The van der Waals surface area contributed by atoms with Crippen molar-refractivity contribution in [2.45, 2.75) is 39.7 Å². The van der Waals surface area contributed by atoms with Crippen LogP contribution in [-0.4, -0.2) is 28.8 Å². The second kappa shape index (κ2) is 7.78. The Labute approximate surface area is 135 Å². The maximum Gasteiger partial charge on any atom is 0.319 e. The number of aliphatic hydroxyl groups excluding tert-OH is 1. The van der Waals surface area contributed by atoms with Crippen molar-refractivity contribution in [3.63, 3.8) is 0 Å². The Morgan fingerprint density at radius 3 is 2.83 bits per heavy atom. The zero-order valence-corrected chi connectivity index (χ0v) is 13.7. The average Bonchev–Trinajstić information content (AvgIpc) is 2.95. The Hall–Kier alpha value is -2.34. The van der Waals surface area contributed by atoms with Gasteiger partial charge >= 0.3 is 6.03 Å². The first-order valence-electron chi connectivity index (χ1n) is 7.75. The third-order valence-corrected chi connectivity index (χ3v) is 3.59. The van der Waals surface area contributed by atoms with Crippen molar-refractivity contribution in [3.05, 3.63) is 35.7 Å². The van der Waals surface area contributed by atoms with Crippen molar-refractivity contribution < 1.29 is 14.3 Å². The highest BCUT2D eigenvalue weighted by Gasteiger charge is 2.10. The highest BCUT2D eigenvalue weighted by atomic mass is 16.3. The van der Waals surface area contributed by atoms with E-state index in [2.05, 4.69) is 15.6 Å². The maximum atomic E-state index is 11.9. The number of amides is 2. The van der Waals surface area contributed by atoms with Crippen molar-refractivity contribution in [2.24, 2.45) is 0 Å². The van der Waals surface area contributed by atoms with E-state index in [-0.39, 0.29) is 12.1 Å². The Morgan fingerprint density at radius 1 is 1.39 bits per heavy atom. The van der Waals surface area contributed by atoms with Gasteiger partial charge in [-0.05, 0) is 44.4 Å². The van der Waals surface area contributed by atoms with Gasteiger partial charge in [-0.1, -0.05) is 13.0 Å². The zero-order chi connectivity index (χ0) is 16.8. The number of rotatable bonds is 6. The monoisotopic (exact) mass is 317 g/mol. The first kappa shape index (κ1) is 17.0. The Morgan fingerprint density at radius 2 is 2.17 bits per heavy atom. The third-order valence-electron chi connectivity index (χ3n) is 3.59. The van der Waals surface area contributed by atoms with E-state index < -0.39 is 0 Å². The SMILES string of the molecule is CCC(O)CCNC(=O)Nc1cc(-c2nc(C)co2)ccc1C. The molecule has 2 aromatic rings. The van der Waals surface area contributed by atoms with E-state index in [1.54, 1.807) is 6.26 Å². The minimum atomic E-state index is -0.381. The van der Waals surface area contributed by atoms with Crippen molar-refractivity contribution in [2.75, 3.05) is 11.9 Å². The molecule has 0 radical (unpaired) electrons. The first-order valence-corrected chi connectivity index (χ1v) is 7.75. The van der Waals surface area contributed by atoms with Crippen molar-refractivity contribution in [1.29, 1.82) is 0 Å². The van der Waals surface area contributed by atoms with Crippen LogP contribution in [0.25, 0.3) is 11.5 Å². The minimum Gasteiger partial charge on any atom is -0.444 e. The molecule has 3 N–H and O–H groups in total. The molecule has 0 saturated heterocycles. The normalized spacial score (nSPS) is 12.0. The standard InChI is InChI=1S/C17H23N3O3/c1-4-14(21)7-8-18-17(22)20-15-9-13(6-5-11(15)2)16-19-12(3)10-23-16/h5-6,9-10,14,21H,4,7-8H2,1-3H3,(H2,18,20,22). The van der Waals surface area contributed by atoms with E-state index in [0.717, 1.165) is 16.8 Å². The summed E-state index contributed by atoms with van der Waals surface area (Å²) in [5.74, 6) is 0.525. The molecule has 2 amide bonds. The van der Waals surface area contributed by atoms with Gasteiger partial charge < -0.3 is 20.2 Å². The Bertz CT molecular complexity index is 667. The van der Waals surface area contributed by atoms with Gasteiger partial charge in [-0.15, -0.1) is 0 Å². The van der Waals surface area contributed by atoms with Gasteiger partial charge in [0.05, 0.1) is 11.8 Å². The minimum absolute atomic E-state index is 0.294. The Balaban J connectivity index is 2.00. The molecule has 23 heavy (non-hydrogen) atoms. The summed E-state index contributed by atoms with van der Waals surface area (Å²) in [7, 11) is 0.